The van der Waals surface area contributed by atoms with Crippen LogP contribution in [0.1, 0.15) is 17.5 Å². The summed E-state index contributed by atoms with van der Waals surface area (Å²) in [5, 5.41) is 31.7. The van der Waals surface area contributed by atoms with Gasteiger partial charge < -0.3 is 4.18 Å². The van der Waals surface area contributed by atoms with E-state index < -0.39 is 31.5 Å². The standard InChI is InChI=1S/C20H15N5O6S2/c1-2-18-23-24-20(32-18)22-19(26)14(12-21)11-13-7-3-5-9-16(13)31-33(29,30)17-10-6-4-8-15(17)25(27)28/h3-11H,2H2,1H3,(H,22,24,26)/b14-11-. The number of carbonyl (C=O) groups is 1. The number of nitriles is 1. The molecule has 3 aromatic rings. The van der Waals surface area contributed by atoms with Crippen molar-refractivity contribution in [2.24, 2.45) is 0 Å². The number of amides is 1. The number of aryl methyl sites for hydroxylation is 1. The van der Waals surface area contributed by atoms with E-state index in [4.69, 9.17) is 4.18 Å². The number of hydrogen-bond acceptors (Lipinski definition) is 10. The number of aromatic nitrogens is 2. The van der Waals surface area contributed by atoms with Crippen LogP contribution in [0.4, 0.5) is 10.8 Å². The van der Waals surface area contributed by atoms with E-state index in [0.717, 1.165) is 29.5 Å². The van der Waals surface area contributed by atoms with E-state index in [-0.39, 0.29) is 22.0 Å². The summed E-state index contributed by atoms with van der Waals surface area (Å²) in [5.41, 5.74) is -0.897. The van der Waals surface area contributed by atoms with Gasteiger partial charge in [0, 0.05) is 11.6 Å². The molecule has 13 heteroatoms. The molecule has 0 aliphatic rings. The van der Waals surface area contributed by atoms with Gasteiger partial charge in [0.25, 0.3) is 11.6 Å². The number of nitrogens with zero attached hydrogens (tertiary/aromatic N) is 4. The van der Waals surface area contributed by atoms with Crippen LogP contribution in [-0.2, 0) is 21.3 Å². The Hall–Kier alpha value is -4.15. The van der Waals surface area contributed by atoms with Crippen LogP contribution in [0, 0.1) is 21.4 Å². The number of anilines is 1. The van der Waals surface area contributed by atoms with Crippen molar-refractivity contribution in [3.63, 3.8) is 0 Å². The quantitative estimate of drug-likeness (QED) is 0.165. The lowest BCUT2D eigenvalue weighted by Crippen LogP contribution is -2.14. The molecule has 0 saturated carbocycles. The van der Waals surface area contributed by atoms with E-state index in [1.54, 1.807) is 12.1 Å². The number of carbonyl (C=O) groups excluding carboxylic acids is 1. The van der Waals surface area contributed by atoms with Crippen molar-refractivity contribution < 1.29 is 22.3 Å². The molecular formula is C20H15N5O6S2. The molecule has 0 spiro atoms. The van der Waals surface area contributed by atoms with E-state index >= 15 is 0 Å². The second-order valence-corrected chi connectivity index (χ2v) is 8.86. The summed E-state index contributed by atoms with van der Waals surface area (Å²) < 4.78 is 30.6. The van der Waals surface area contributed by atoms with Crippen LogP contribution < -0.4 is 9.50 Å². The number of nitrogens with one attached hydrogen (secondary N) is 1. The van der Waals surface area contributed by atoms with Gasteiger partial charge >= 0.3 is 10.1 Å². The molecule has 0 saturated heterocycles. The first-order valence-corrected chi connectivity index (χ1v) is 11.5. The summed E-state index contributed by atoms with van der Waals surface area (Å²) in [6.07, 6.45) is 1.77. The fourth-order valence-electron chi connectivity index (χ4n) is 2.57. The highest BCUT2D eigenvalue weighted by molar-refractivity contribution is 7.87. The number of nitro groups is 1. The van der Waals surface area contributed by atoms with Crippen LogP contribution in [0.2, 0.25) is 0 Å². The van der Waals surface area contributed by atoms with E-state index in [9.17, 15) is 28.6 Å². The second-order valence-electron chi connectivity index (χ2n) is 6.28. The lowest BCUT2D eigenvalue weighted by molar-refractivity contribution is -0.387. The zero-order chi connectivity index (χ0) is 24.0. The van der Waals surface area contributed by atoms with E-state index in [2.05, 4.69) is 15.5 Å². The molecule has 0 atom stereocenters. The zero-order valence-electron chi connectivity index (χ0n) is 17.0. The molecule has 1 amide bonds. The van der Waals surface area contributed by atoms with Gasteiger partial charge in [0.05, 0.1) is 4.92 Å². The number of benzene rings is 2. The number of rotatable bonds is 8. The summed E-state index contributed by atoms with van der Waals surface area (Å²) in [7, 11) is -4.59. The van der Waals surface area contributed by atoms with Crippen molar-refractivity contribution in [2.75, 3.05) is 5.32 Å². The Balaban J connectivity index is 1.92. The Morgan fingerprint density at radius 3 is 2.61 bits per heavy atom. The lowest BCUT2D eigenvalue weighted by atomic mass is 10.1. The summed E-state index contributed by atoms with van der Waals surface area (Å²) in [4.78, 5) is 22.2. The van der Waals surface area contributed by atoms with Crippen LogP contribution >= 0.6 is 11.3 Å². The third-order valence-electron chi connectivity index (χ3n) is 4.10. The highest BCUT2D eigenvalue weighted by Gasteiger charge is 2.28. The Morgan fingerprint density at radius 1 is 1.24 bits per heavy atom. The first-order chi connectivity index (χ1) is 15.7. The topological polar surface area (TPSA) is 165 Å². The normalized spacial score (nSPS) is 11.5. The predicted molar refractivity (Wildman–Crippen MR) is 119 cm³/mol. The van der Waals surface area contributed by atoms with Gasteiger partial charge in [-0.15, -0.1) is 10.2 Å². The molecule has 3 rings (SSSR count). The van der Waals surface area contributed by atoms with Gasteiger partial charge in [0.2, 0.25) is 5.13 Å². The average molecular weight is 486 g/mol. The van der Waals surface area contributed by atoms with Gasteiger partial charge in [-0.25, -0.2) is 0 Å². The molecule has 1 aromatic heterocycles. The lowest BCUT2D eigenvalue weighted by Gasteiger charge is -2.10. The van der Waals surface area contributed by atoms with Gasteiger partial charge in [-0.2, -0.15) is 13.7 Å². The molecule has 0 aliphatic carbocycles. The predicted octanol–water partition coefficient (Wildman–Crippen LogP) is 3.32. The maximum atomic E-state index is 12.7. The molecule has 0 unspecified atom stereocenters. The number of para-hydroxylation sites is 2. The van der Waals surface area contributed by atoms with Crippen LogP contribution in [-0.4, -0.2) is 29.4 Å². The molecule has 0 radical (unpaired) electrons. The molecule has 0 bridgehead atoms. The third kappa shape index (κ3) is 5.56. The maximum absolute atomic E-state index is 12.7. The number of hydrogen-bond donors (Lipinski definition) is 1. The van der Waals surface area contributed by atoms with Crippen molar-refractivity contribution in [2.45, 2.75) is 18.2 Å². The van der Waals surface area contributed by atoms with Gasteiger partial charge in [-0.3, -0.25) is 20.2 Å². The molecule has 11 nitrogen and oxygen atoms in total. The van der Waals surface area contributed by atoms with Crippen molar-refractivity contribution in [1.29, 1.82) is 5.26 Å². The minimum atomic E-state index is -4.59. The minimum absolute atomic E-state index is 0.0953. The molecule has 0 fully saturated rings. The van der Waals surface area contributed by atoms with Crippen LogP contribution in [0.5, 0.6) is 5.75 Å². The van der Waals surface area contributed by atoms with Crippen molar-refractivity contribution in [1.82, 2.24) is 10.2 Å². The van der Waals surface area contributed by atoms with Gasteiger partial charge in [0.1, 0.15) is 22.4 Å². The summed E-state index contributed by atoms with van der Waals surface area (Å²) in [5.74, 6) is -0.993. The zero-order valence-corrected chi connectivity index (χ0v) is 18.6. The average Bonchev–Trinajstić information content (AvgIpc) is 3.25. The Kier molecular flexibility index (Phi) is 7.11. The monoisotopic (exact) mass is 485 g/mol. The SMILES string of the molecule is CCc1nnc(NC(=O)/C(C#N)=C\c2ccccc2OS(=O)(=O)c2ccccc2[N+](=O)[O-])s1. The number of nitro benzene ring substituents is 1. The van der Waals surface area contributed by atoms with Crippen LogP contribution in [0.15, 0.2) is 59.0 Å². The minimum Gasteiger partial charge on any atom is -0.378 e. The molecule has 1 heterocycles. The molecule has 33 heavy (non-hydrogen) atoms. The van der Waals surface area contributed by atoms with Gasteiger partial charge in [-0.1, -0.05) is 48.6 Å². The van der Waals surface area contributed by atoms with Crippen molar-refractivity contribution in [3.8, 4) is 11.8 Å². The first kappa shape index (κ1) is 23.5. The smallest absolute Gasteiger partial charge is 0.346 e. The fourth-order valence-corrected chi connectivity index (χ4v) is 4.37. The summed E-state index contributed by atoms with van der Waals surface area (Å²) in [6.45, 7) is 1.88. The first-order valence-electron chi connectivity index (χ1n) is 9.27. The maximum Gasteiger partial charge on any atom is 0.346 e. The molecule has 2 aromatic carbocycles. The van der Waals surface area contributed by atoms with E-state index in [0.29, 0.717) is 11.4 Å². The van der Waals surface area contributed by atoms with Crippen molar-refractivity contribution in [3.05, 3.63) is 74.8 Å². The molecule has 168 valence electrons. The third-order valence-corrected chi connectivity index (χ3v) is 6.37. The second kappa shape index (κ2) is 9.98. The Labute approximate surface area is 192 Å². The Morgan fingerprint density at radius 2 is 1.94 bits per heavy atom. The van der Waals surface area contributed by atoms with Gasteiger partial charge in [0.15, 0.2) is 4.90 Å². The van der Waals surface area contributed by atoms with Crippen LogP contribution in [0.3, 0.4) is 0 Å². The molecule has 0 aliphatic heterocycles. The molecule has 1 N–H and O–H groups in total. The summed E-state index contributed by atoms with van der Waals surface area (Å²) >= 11 is 1.16. The fraction of sp³-hybridized carbons (Fsp3) is 0.100. The summed E-state index contributed by atoms with van der Waals surface area (Å²) in [6, 6.07) is 12.2. The highest BCUT2D eigenvalue weighted by Crippen LogP contribution is 2.29. The van der Waals surface area contributed by atoms with Crippen LogP contribution in [0.25, 0.3) is 6.08 Å². The highest BCUT2D eigenvalue weighted by atomic mass is 32.2. The van der Waals surface area contributed by atoms with Crippen molar-refractivity contribution >= 4 is 44.3 Å². The molecular weight excluding hydrogens is 470 g/mol. The van der Waals surface area contributed by atoms with Gasteiger partial charge in [-0.05, 0) is 24.6 Å². The largest absolute Gasteiger partial charge is 0.378 e. The van der Waals surface area contributed by atoms with E-state index in [1.165, 1.54) is 30.3 Å². The van der Waals surface area contributed by atoms with E-state index in [1.807, 2.05) is 6.92 Å². The Bertz CT molecular complexity index is 1390.